The van der Waals surface area contributed by atoms with Crippen molar-refractivity contribution in [1.29, 1.82) is 5.26 Å². The average Bonchev–Trinajstić information content (AvgIpc) is 2.44. The van der Waals surface area contributed by atoms with Crippen LogP contribution in [0.5, 0.6) is 5.75 Å². The van der Waals surface area contributed by atoms with E-state index in [0.717, 1.165) is 11.1 Å². The number of para-hydroxylation sites is 1. The Bertz CT molecular complexity index is 782. The first kappa shape index (κ1) is 14.6. The zero-order valence-corrected chi connectivity index (χ0v) is 12.1. The van der Waals surface area contributed by atoms with Crippen molar-refractivity contribution in [2.24, 2.45) is 0 Å². The van der Waals surface area contributed by atoms with Gasteiger partial charge in [-0.15, -0.1) is 0 Å². The number of aromatic amines is 1. The predicted octanol–water partition coefficient (Wildman–Crippen LogP) is 3.18. The van der Waals surface area contributed by atoms with Gasteiger partial charge in [0.05, 0.1) is 0 Å². The first-order valence-electron chi connectivity index (χ1n) is 6.53. The van der Waals surface area contributed by atoms with E-state index in [1.54, 1.807) is 13.0 Å². The minimum atomic E-state index is -0.387. The van der Waals surface area contributed by atoms with E-state index >= 15 is 0 Å². The molecule has 0 atom stereocenters. The van der Waals surface area contributed by atoms with Gasteiger partial charge in [-0.3, -0.25) is 4.79 Å². The molecule has 1 N–H and O–H groups in total. The van der Waals surface area contributed by atoms with Crippen LogP contribution in [0.15, 0.2) is 47.3 Å². The third-order valence-corrected chi connectivity index (χ3v) is 2.93. The summed E-state index contributed by atoms with van der Waals surface area (Å²) in [6.45, 7) is 7.85. The molecule has 0 radical (unpaired) electrons. The Hall–Kier alpha value is -2.80. The molecular formula is C17H16N2O2. The van der Waals surface area contributed by atoms with E-state index in [-0.39, 0.29) is 11.1 Å². The molecule has 2 rings (SSSR count). The summed E-state index contributed by atoms with van der Waals surface area (Å²) >= 11 is 0. The molecule has 4 heteroatoms. The molecule has 4 nitrogen and oxygen atoms in total. The number of benzene rings is 1. The van der Waals surface area contributed by atoms with Crippen LogP contribution in [0.25, 0.3) is 11.1 Å². The van der Waals surface area contributed by atoms with Crippen molar-refractivity contribution in [2.75, 3.05) is 6.61 Å². The fraction of sp³-hybridized carbons (Fsp3) is 0.176. The molecule has 2 aromatic rings. The maximum Gasteiger partial charge on any atom is 0.266 e. The summed E-state index contributed by atoms with van der Waals surface area (Å²) in [7, 11) is 0. The number of hydrogen-bond donors (Lipinski definition) is 1. The monoisotopic (exact) mass is 280 g/mol. The molecule has 0 saturated carbocycles. The van der Waals surface area contributed by atoms with Gasteiger partial charge >= 0.3 is 0 Å². The van der Waals surface area contributed by atoms with Gasteiger partial charge in [0.15, 0.2) is 0 Å². The molecule has 1 aromatic carbocycles. The Morgan fingerprint density at radius 2 is 2.10 bits per heavy atom. The molecule has 0 saturated heterocycles. The van der Waals surface area contributed by atoms with Crippen LogP contribution < -0.4 is 10.3 Å². The summed E-state index contributed by atoms with van der Waals surface area (Å²) in [5.74, 6) is 0.627. The van der Waals surface area contributed by atoms with E-state index in [2.05, 4.69) is 11.6 Å². The quantitative estimate of drug-likeness (QED) is 0.875. The van der Waals surface area contributed by atoms with Crippen molar-refractivity contribution in [3.8, 4) is 22.9 Å². The van der Waals surface area contributed by atoms with E-state index in [9.17, 15) is 10.1 Å². The number of hydrogen-bond acceptors (Lipinski definition) is 3. The van der Waals surface area contributed by atoms with E-state index < -0.39 is 0 Å². The first-order chi connectivity index (χ1) is 10.0. The Morgan fingerprint density at radius 1 is 1.38 bits per heavy atom. The number of nitriles is 1. The summed E-state index contributed by atoms with van der Waals surface area (Å²) in [4.78, 5) is 14.5. The largest absolute Gasteiger partial charge is 0.489 e. The molecule has 0 fully saturated rings. The van der Waals surface area contributed by atoms with E-state index in [0.29, 0.717) is 23.6 Å². The highest BCUT2D eigenvalue weighted by Gasteiger charge is 2.14. The van der Waals surface area contributed by atoms with Gasteiger partial charge in [-0.05, 0) is 31.6 Å². The second kappa shape index (κ2) is 6.10. The third kappa shape index (κ3) is 3.21. The zero-order chi connectivity index (χ0) is 15.4. The molecule has 0 bridgehead atoms. The van der Waals surface area contributed by atoms with Gasteiger partial charge in [0, 0.05) is 16.8 Å². The van der Waals surface area contributed by atoms with E-state index in [1.807, 2.05) is 37.3 Å². The van der Waals surface area contributed by atoms with Crippen LogP contribution in [-0.2, 0) is 0 Å². The summed E-state index contributed by atoms with van der Waals surface area (Å²) in [6.07, 6.45) is 0. The summed E-state index contributed by atoms with van der Waals surface area (Å²) in [5.41, 5.74) is 2.60. The number of aryl methyl sites for hydroxylation is 1. The maximum absolute atomic E-state index is 11.9. The summed E-state index contributed by atoms with van der Waals surface area (Å²) in [6, 6.07) is 11.1. The van der Waals surface area contributed by atoms with Gasteiger partial charge in [0.2, 0.25) is 0 Å². The van der Waals surface area contributed by atoms with Crippen LogP contribution in [0, 0.1) is 18.3 Å². The van der Waals surface area contributed by atoms with Crippen LogP contribution in [-0.4, -0.2) is 11.6 Å². The zero-order valence-electron chi connectivity index (χ0n) is 12.1. The average molecular weight is 280 g/mol. The van der Waals surface area contributed by atoms with Crippen molar-refractivity contribution in [2.45, 2.75) is 13.8 Å². The van der Waals surface area contributed by atoms with Crippen molar-refractivity contribution >= 4 is 0 Å². The number of aromatic nitrogens is 1. The first-order valence-corrected chi connectivity index (χ1v) is 6.53. The topological polar surface area (TPSA) is 65.9 Å². The fourth-order valence-electron chi connectivity index (χ4n) is 2.03. The van der Waals surface area contributed by atoms with Crippen LogP contribution in [0.4, 0.5) is 0 Å². The maximum atomic E-state index is 11.9. The lowest BCUT2D eigenvalue weighted by Gasteiger charge is -2.12. The Labute approximate surface area is 123 Å². The number of nitrogens with one attached hydrogen (secondary N) is 1. The van der Waals surface area contributed by atoms with Gasteiger partial charge in [0.25, 0.3) is 5.56 Å². The van der Waals surface area contributed by atoms with Crippen molar-refractivity contribution in [1.82, 2.24) is 4.98 Å². The van der Waals surface area contributed by atoms with Crippen LogP contribution in [0.2, 0.25) is 0 Å². The van der Waals surface area contributed by atoms with Crippen molar-refractivity contribution in [3.05, 3.63) is 64.1 Å². The molecule has 0 amide bonds. The lowest BCUT2D eigenvalue weighted by molar-refractivity contribution is 0.354. The number of H-pyrrole nitrogens is 1. The third-order valence-electron chi connectivity index (χ3n) is 2.93. The fourth-order valence-corrected chi connectivity index (χ4v) is 2.03. The molecule has 0 spiro atoms. The van der Waals surface area contributed by atoms with Gasteiger partial charge < -0.3 is 9.72 Å². The van der Waals surface area contributed by atoms with Gasteiger partial charge in [-0.25, -0.2) is 0 Å². The second-order valence-corrected chi connectivity index (χ2v) is 4.92. The predicted molar refractivity (Wildman–Crippen MR) is 82.3 cm³/mol. The summed E-state index contributed by atoms with van der Waals surface area (Å²) in [5, 5.41) is 9.24. The molecule has 1 heterocycles. The minimum absolute atomic E-state index is 0.0898. The van der Waals surface area contributed by atoms with Gasteiger partial charge in [-0.2, -0.15) is 5.26 Å². The highest BCUT2D eigenvalue weighted by atomic mass is 16.5. The highest BCUT2D eigenvalue weighted by molar-refractivity contribution is 5.75. The lowest BCUT2D eigenvalue weighted by Crippen LogP contribution is -2.13. The standard InChI is InChI=1S/C17H16N2O2/c1-11(2)10-21-16-7-5-4-6-13(16)14-8-12(3)19-17(20)15(14)9-18/h4-8H,1,10H2,2-3H3,(H,19,20). The van der Waals surface area contributed by atoms with Gasteiger partial charge in [-0.1, -0.05) is 24.8 Å². The smallest absolute Gasteiger partial charge is 0.266 e. The molecule has 0 aliphatic rings. The lowest BCUT2D eigenvalue weighted by atomic mass is 10.00. The number of pyridine rings is 1. The second-order valence-electron chi connectivity index (χ2n) is 4.92. The van der Waals surface area contributed by atoms with Crippen molar-refractivity contribution in [3.63, 3.8) is 0 Å². The number of nitrogens with zero attached hydrogens (tertiary/aromatic N) is 1. The van der Waals surface area contributed by atoms with Crippen LogP contribution >= 0.6 is 0 Å². The molecule has 21 heavy (non-hydrogen) atoms. The SMILES string of the molecule is C=C(C)COc1ccccc1-c1cc(C)[nH]c(=O)c1C#N. The van der Waals surface area contributed by atoms with Crippen LogP contribution in [0.1, 0.15) is 18.2 Å². The van der Waals surface area contributed by atoms with Crippen molar-refractivity contribution < 1.29 is 4.74 Å². The number of ether oxygens (including phenoxy) is 1. The molecule has 1 aromatic heterocycles. The number of rotatable bonds is 4. The Kier molecular flexibility index (Phi) is 4.24. The Morgan fingerprint density at radius 3 is 2.76 bits per heavy atom. The molecule has 0 aliphatic carbocycles. The van der Waals surface area contributed by atoms with E-state index in [4.69, 9.17) is 4.74 Å². The summed E-state index contributed by atoms with van der Waals surface area (Å²) < 4.78 is 5.71. The van der Waals surface area contributed by atoms with Crippen LogP contribution in [0.3, 0.4) is 0 Å². The minimum Gasteiger partial charge on any atom is -0.489 e. The van der Waals surface area contributed by atoms with E-state index in [1.165, 1.54) is 0 Å². The highest BCUT2D eigenvalue weighted by Crippen LogP contribution is 2.31. The molecular weight excluding hydrogens is 264 g/mol. The Balaban J connectivity index is 2.60. The molecule has 0 aliphatic heterocycles. The molecule has 106 valence electrons. The molecule has 0 unspecified atom stereocenters. The van der Waals surface area contributed by atoms with Gasteiger partial charge in [0.1, 0.15) is 24.0 Å². The normalized spacial score (nSPS) is 9.95.